The van der Waals surface area contributed by atoms with Crippen LogP contribution >= 0.6 is 0 Å². The molecule has 0 bridgehead atoms. The maximum absolute atomic E-state index is 13.4. The molecule has 0 amide bonds. The van der Waals surface area contributed by atoms with Crippen molar-refractivity contribution in [1.82, 2.24) is 24.4 Å². The molecule has 0 aliphatic carbocycles. The molecule has 0 radical (unpaired) electrons. The normalized spacial score (nSPS) is 15.0. The van der Waals surface area contributed by atoms with Crippen molar-refractivity contribution in [3.63, 3.8) is 0 Å². The van der Waals surface area contributed by atoms with Crippen molar-refractivity contribution >= 4 is 28.5 Å². The summed E-state index contributed by atoms with van der Waals surface area (Å²) in [5.41, 5.74) is 9.53. The predicted octanol–water partition coefficient (Wildman–Crippen LogP) is 3.58. The van der Waals surface area contributed by atoms with Crippen molar-refractivity contribution in [2.24, 2.45) is 0 Å². The van der Waals surface area contributed by atoms with Gasteiger partial charge in [0.25, 0.3) is 0 Å². The molecule has 4 N–H and O–H groups in total. The lowest BCUT2D eigenvalue weighted by atomic mass is 10.1. The molecular weight excluding hydrogens is 431 g/mol. The number of fused-ring (bicyclic) bond motifs is 1. The Kier molecular flexibility index (Phi) is 6.53. The first-order valence-electron chi connectivity index (χ1n) is 11.6. The second-order valence-corrected chi connectivity index (χ2v) is 8.65. The van der Waals surface area contributed by atoms with Crippen molar-refractivity contribution in [3.8, 4) is 0 Å². The van der Waals surface area contributed by atoms with E-state index in [1.807, 2.05) is 30.3 Å². The molecule has 9 heteroatoms. The maximum Gasteiger partial charge on any atom is 0.204 e. The van der Waals surface area contributed by atoms with Crippen LogP contribution in [-0.2, 0) is 6.54 Å². The monoisotopic (exact) mass is 460 g/mol. The van der Waals surface area contributed by atoms with Crippen molar-refractivity contribution in [2.75, 3.05) is 42.5 Å². The van der Waals surface area contributed by atoms with Crippen LogP contribution in [0.2, 0.25) is 0 Å². The first-order chi connectivity index (χ1) is 16.7. The van der Waals surface area contributed by atoms with Crippen LogP contribution in [0.25, 0.3) is 11.0 Å². The molecule has 0 unspecified atom stereocenters. The lowest BCUT2D eigenvalue weighted by Gasteiger charge is -2.32. The Balaban J connectivity index is 1.19. The van der Waals surface area contributed by atoms with E-state index in [1.54, 1.807) is 6.20 Å². The number of nitrogen functional groups attached to an aromatic ring is 1. The predicted molar refractivity (Wildman–Crippen MR) is 133 cm³/mol. The van der Waals surface area contributed by atoms with E-state index in [2.05, 4.69) is 36.1 Å². The molecule has 0 atom stereocenters. The van der Waals surface area contributed by atoms with Gasteiger partial charge in [0, 0.05) is 32.2 Å². The number of anilines is 3. The zero-order chi connectivity index (χ0) is 23.3. The number of nitrogens with zero attached hydrogens (tertiary/aromatic N) is 5. The fraction of sp³-hybridized carbons (Fsp3) is 0.320. The van der Waals surface area contributed by atoms with Crippen LogP contribution in [0.1, 0.15) is 18.4 Å². The Hall–Kier alpha value is -3.72. The third kappa shape index (κ3) is 5.09. The summed E-state index contributed by atoms with van der Waals surface area (Å²) in [6.07, 6.45) is 5.18. The number of hydrogen-bond acceptors (Lipinski definition) is 7. The molecule has 5 rings (SSSR count). The summed E-state index contributed by atoms with van der Waals surface area (Å²) in [7, 11) is 0. The average molecular weight is 461 g/mol. The maximum atomic E-state index is 13.4. The van der Waals surface area contributed by atoms with Crippen LogP contribution in [-0.4, -0.2) is 56.6 Å². The number of nitrogens with one attached hydrogen (secondary N) is 2. The van der Waals surface area contributed by atoms with Gasteiger partial charge in [0.15, 0.2) is 5.82 Å². The number of nitrogens with two attached hydrogens (primary N) is 1. The van der Waals surface area contributed by atoms with E-state index in [1.165, 1.54) is 18.5 Å². The van der Waals surface area contributed by atoms with E-state index in [0.717, 1.165) is 61.6 Å². The SMILES string of the molecule is Nc1cncnc1NCCN1CCC(Nc2nc3ccccc3n2Cc2ccc(F)cc2)CC1. The zero-order valence-corrected chi connectivity index (χ0v) is 19.0. The summed E-state index contributed by atoms with van der Waals surface area (Å²) in [6, 6.07) is 15.2. The molecule has 1 saturated heterocycles. The van der Waals surface area contributed by atoms with E-state index >= 15 is 0 Å². The van der Waals surface area contributed by atoms with E-state index < -0.39 is 0 Å². The van der Waals surface area contributed by atoms with Crippen molar-refractivity contribution in [1.29, 1.82) is 0 Å². The second kappa shape index (κ2) is 10.0. The number of para-hydroxylation sites is 2. The minimum Gasteiger partial charge on any atom is -0.394 e. The summed E-state index contributed by atoms with van der Waals surface area (Å²) in [6.45, 7) is 4.37. The highest BCUT2D eigenvalue weighted by molar-refractivity contribution is 5.78. The fourth-order valence-corrected chi connectivity index (χ4v) is 4.42. The van der Waals surface area contributed by atoms with Gasteiger partial charge in [-0.25, -0.2) is 19.3 Å². The molecule has 1 aliphatic heterocycles. The van der Waals surface area contributed by atoms with Crippen LogP contribution in [0.3, 0.4) is 0 Å². The molecule has 2 aromatic carbocycles. The van der Waals surface area contributed by atoms with Crippen molar-refractivity contribution in [2.45, 2.75) is 25.4 Å². The van der Waals surface area contributed by atoms with E-state index in [9.17, 15) is 4.39 Å². The number of rotatable bonds is 8. The topological polar surface area (TPSA) is 96.9 Å². The van der Waals surface area contributed by atoms with Gasteiger partial charge in [0.2, 0.25) is 5.95 Å². The zero-order valence-electron chi connectivity index (χ0n) is 19.0. The minimum atomic E-state index is -0.222. The van der Waals surface area contributed by atoms with Crippen LogP contribution < -0.4 is 16.4 Å². The quantitative estimate of drug-likeness (QED) is 0.370. The molecule has 3 heterocycles. The number of halogens is 1. The molecular formula is C25H29FN8. The van der Waals surface area contributed by atoms with E-state index in [0.29, 0.717) is 24.1 Å². The molecule has 34 heavy (non-hydrogen) atoms. The lowest BCUT2D eigenvalue weighted by molar-refractivity contribution is 0.226. The van der Waals surface area contributed by atoms with Gasteiger partial charge in [-0.05, 0) is 42.7 Å². The summed E-state index contributed by atoms with van der Waals surface area (Å²) in [5, 5.41) is 6.97. The molecule has 8 nitrogen and oxygen atoms in total. The van der Waals surface area contributed by atoms with E-state index in [4.69, 9.17) is 10.7 Å². The van der Waals surface area contributed by atoms with Gasteiger partial charge >= 0.3 is 0 Å². The number of benzene rings is 2. The van der Waals surface area contributed by atoms with Gasteiger partial charge in [-0.15, -0.1) is 0 Å². The number of piperidine rings is 1. The number of aromatic nitrogens is 4. The number of hydrogen-bond donors (Lipinski definition) is 3. The van der Waals surface area contributed by atoms with Crippen LogP contribution in [0, 0.1) is 5.82 Å². The lowest BCUT2D eigenvalue weighted by Crippen LogP contribution is -2.41. The average Bonchev–Trinajstić information content (AvgIpc) is 3.19. The molecule has 2 aromatic heterocycles. The smallest absolute Gasteiger partial charge is 0.204 e. The Labute approximate surface area is 198 Å². The van der Waals surface area contributed by atoms with Gasteiger partial charge in [-0.1, -0.05) is 24.3 Å². The van der Waals surface area contributed by atoms with Crippen LogP contribution in [0.4, 0.5) is 21.8 Å². The minimum absolute atomic E-state index is 0.222. The highest BCUT2D eigenvalue weighted by Crippen LogP contribution is 2.24. The summed E-state index contributed by atoms with van der Waals surface area (Å²) in [5.74, 6) is 1.33. The molecule has 176 valence electrons. The van der Waals surface area contributed by atoms with E-state index in [-0.39, 0.29) is 5.82 Å². The van der Waals surface area contributed by atoms with Crippen molar-refractivity contribution in [3.05, 3.63) is 72.4 Å². The van der Waals surface area contributed by atoms with Gasteiger partial charge in [-0.2, -0.15) is 0 Å². The number of imidazole rings is 1. The fourth-order valence-electron chi connectivity index (χ4n) is 4.42. The Morgan fingerprint density at radius 1 is 1.06 bits per heavy atom. The van der Waals surface area contributed by atoms with Gasteiger partial charge in [-0.3, -0.25) is 0 Å². The Morgan fingerprint density at radius 2 is 1.85 bits per heavy atom. The molecule has 0 saturated carbocycles. The highest BCUT2D eigenvalue weighted by atomic mass is 19.1. The third-order valence-electron chi connectivity index (χ3n) is 6.29. The first kappa shape index (κ1) is 22.1. The van der Waals surface area contributed by atoms with Gasteiger partial charge < -0.3 is 25.8 Å². The van der Waals surface area contributed by atoms with Gasteiger partial charge in [0.1, 0.15) is 12.1 Å². The van der Waals surface area contributed by atoms with Crippen LogP contribution in [0.5, 0.6) is 0 Å². The van der Waals surface area contributed by atoms with Crippen molar-refractivity contribution < 1.29 is 4.39 Å². The number of likely N-dealkylation sites (tertiary alicyclic amines) is 1. The summed E-state index contributed by atoms with van der Waals surface area (Å²) < 4.78 is 15.6. The Bertz CT molecular complexity index is 1230. The standard InChI is InChI=1S/C25H29FN8/c26-19-7-5-18(6-8-19)16-34-23-4-2-1-3-22(23)32-25(34)31-20-9-12-33(13-10-20)14-11-29-24-21(27)15-28-17-30-24/h1-8,15,17,20H,9-14,16,27H2,(H,31,32)(H,28,29,30). The molecule has 1 aliphatic rings. The highest BCUT2D eigenvalue weighted by Gasteiger charge is 2.21. The third-order valence-corrected chi connectivity index (χ3v) is 6.29. The molecule has 0 spiro atoms. The Morgan fingerprint density at radius 3 is 2.65 bits per heavy atom. The van der Waals surface area contributed by atoms with Gasteiger partial charge in [0.05, 0.1) is 29.5 Å². The largest absolute Gasteiger partial charge is 0.394 e. The first-order valence-corrected chi connectivity index (χ1v) is 11.6. The van der Waals surface area contributed by atoms with Crippen LogP contribution in [0.15, 0.2) is 61.1 Å². The summed E-state index contributed by atoms with van der Waals surface area (Å²) >= 11 is 0. The molecule has 1 fully saturated rings. The molecule has 4 aromatic rings. The summed E-state index contributed by atoms with van der Waals surface area (Å²) in [4.78, 5) is 15.4. The second-order valence-electron chi connectivity index (χ2n) is 8.65.